The van der Waals surface area contributed by atoms with Crippen LogP contribution in [0.2, 0.25) is 0 Å². The van der Waals surface area contributed by atoms with Gasteiger partial charge in [0.1, 0.15) is 5.76 Å². The minimum Gasteiger partial charge on any atom is -0.467 e. The van der Waals surface area contributed by atoms with Crippen LogP contribution in [-0.2, 0) is 12.7 Å². The summed E-state index contributed by atoms with van der Waals surface area (Å²) < 4.78 is 46.8. The third kappa shape index (κ3) is 4.01. The van der Waals surface area contributed by atoms with Gasteiger partial charge in [0.25, 0.3) is 11.6 Å². The molecule has 0 aliphatic carbocycles. The minimum atomic E-state index is -4.60. The number of thiazole rings is 1. The molecule has 0 aliphatic heterocycles. The first kappa shape index (κ1) is 22.0. The van der Waals surface area contributed by atoms with Crippen molar-refractivity contribution in [1.82, 2.24) is 4.98 Å². The Bertz CT molecular complexity index is 1540. The monoisotopic (exact) mass is 503 g/mol. The van der Waals surface area contributed by atoms with Gasteiger partial charge in [0.2, 0.25) is 0 Å². The largest absolute Gasteiger partial charge is 0.467 e. The molecule has 5 aromatic rings. The highest BCUT2D eigenvalue weighted by molar-refractivity contribution is 7.23. The molecule has 0 unspecified atom stereocenters. The molecule has 0 N–H and O–H groups in total. The van der Waals surface area contributed by atoms with Crippen LogP contribution in [0.25, 0.3) is 20.3 Å². The summed E-state index contributed by atoms with van der Waals surface area (Å²) in [5.41, 5.74) is -1.23. The number of hydrogen-bond donors (Lipinski definition) is 0. The maximum absolute atomic E-state index is 13.5. The van der Waals surface area contributed by atoms with Crippen molar-refractivity contribution in [2.45, 2.75) is 12.7 Å². The van der Waals surface area contributed by atoms with Gasteiger partial charge in [-0.15, -0.1) is 11.3 Å². The van der Waals surface area contributed by atoms with Gasteiger partial charge in [-0.1, -0.05) is 17.4 Å². The molecule has 2 aromatic carbocycles. The number of aromatic nitrogens is 1. The van der Waals surface area contributed by atoms with Crippen LogP contribution in [-0.4, -0.2) is 15.8 Å². The Labute approximate surface area is 196 Å². The van der Waals surface area contributed by atoms with Gasteiger partial charge in [-0.2, -0.15) is 13.2 Å². The number of nitro groups is 1. The van der Waals surface area contributed by atoms with E-state index in [0.717, 1.165) is 28.7 Å². The number of amides is 1. The van der Waals surface area contributed by atoms with Crippen LogP contribution in [0, 0.1) is 10.1 Å². The zero-order valence-electron chi connectivity index (χ0n) is 16.9. The van der Waals surface area contributed by atoms with Gasteiger partial charge in [0.15, 0.2) is 5.13 Å². The number of carbonyl (C=O) groups excluding carboxylic acids is 1. The van der Waals surface area contributed by atoms with Crippen LogP contribution in [0.4, 0.5) is 24.0 Å². The van der Waals surface area contributed by atoms with Crippen molar-refractivity contribution < 1.29 is 27.3 Å². The molecule has 3 heterocycles. The second-order valence-corrected chi connectivity index (χ2v) is 9.30. The number of rotatable bonds is 5. The lowest BCUT2D eigenvalue weighted by Gasteiger charge is -2.17. The molecule has 0 spiro atoms. The number of nitro benzene ring substituents is 1. The normalized spacial score (nSPS) is 11.9. The lowest BCUT2D eigenvalue weighted by molar-refractivity contribution is -0.384. The van der Waals surface area contributed by atoms with Crippen molar-refractivity contribution in [3.05, 3.63) is 87.2 Å². The van der Waals surface area contributed by atoms with E-state index < -0.39 is 22.6 Å². The average Bonchev–Trinajstić information content (AvgIpc) is 3.54. The molecule has 0 radical (unpaired) electrons. The SMILES string of the molecule is O=C(c1cc2cc([N+](=O)[O-])ccc2s1)N(Cc1ccco1)c1nc2c(C(F)(F)F)cccc2s1. The fourth-order valence-corrected chi connectivity index (χ4v) is 5.43. The summed E-state index contributed by atoms with van der Waals surface area (Å²) in [5, 5.41) is 11.7. The van der Waals surface area contributed by atoms with E-state index in [-0.39, 0.29) is 32.5 Å². The van der Waals surface area contributed by atoms with Crippen LogP contribution < -0.4 is 4.90 Å². The van der Waals surface area contributed by atoms with E-state index in [9.17, 15) is 28.1 Å². The molecule has 1 amide bonds. The number of benzene rings is 2. The number of nitrogens with zero attached hydrogens (tertiary/aromatic N) is 3. The summed E-state index contributed by atoms with van der Waals surface area (Å²) in [6.45, 7) is -0.0542. The van der Waals surface area contributed by atoms with E-state index in [0.29, 0.717) is 15.8 Å². The smallest absolute Gasteiger partial charge is 0.418 e. The van der Waals surface area contributed by atoms with E-state index in [1.54, 1.807) is 18.2 Å². The predicted octanol–water partition coefficient (Wildman–Crippen LogP) is 6.88. The number of carbonyl (C=O) groups is 1. The van der Waals surface area contributed by atoms with E-state index in [1.807, 2.05) is 0 Å². The Hall–Kier alpha value is -3.77. The molecular weight excluding hydrogens is 491 g/mol. The zero-order chi connectivity index (χ0) is 24.0. The molecule has 5 rings (SSSR count). The number of para-hydroxylation sites is 1. The Kier molecular flexibility index (Phi) is 5.33. The minimum absolute atomic E-state index is 0.0542. The van der Waals surface area contributed by atoms with Gasteiger partial charge in [0, 0.05) is 22.2 Å². The van der Waals surface area contributed by atoms with E-state index in [4.69, 9.17) is 4.42 Å². The molecule has 172 valence electrons. The number of alkyl halides is 3. The third-order valence-corrected chi connectivity index (χ3v) is 7.15. The first-order valence-electron chi connectivity index (χ1n) is 9.70. The molecular formula is C22H12F3N3O4S2. The van der Waals surface area contributed by atoms with Crippen LogP contribution in [0.3, 0.4) is 0 Å². The fourth-order valence-electron chi connectivity index (χ4n) is 3.45. The summed E-state index contributed by atoms with van der Waals surface area (Å²) in [7, 11) is 0. The Balaban J connectivity index is 1.60. The van der Waals surface area contributed by atoms with Crippen LogP contribution >= 0.6 is 22.7 Å². The van der Waals surface area contributed by atoms with Gasteiger partial charge >= 0.3 is 6.18 Å². The van der Waals surface area contributed by atoms with Crippen LogP contribution in [0.1, 0.15) is 21.0 Å². The average molecular weight is 503 g/mol. The van der Waals surface area contributed by atoms with Gasteiger partial charge < -0.3 is 4.42 Å². The lowest BCUT2D eigenvalue weighted by atomic mass is 10.2. The summed E-state index contributed by atoms with van der Waals surface area (Å²) in [6, 6.07) is 12.8. The molecule has 0 fully saturated rings. The number of non-ortho nitro benzene ring substituents is 1. The molecule has 12 heteroatoms. The van der Waals surface area contributed by atoms with Crippen molar-refractivity contribution in [1.29, 1.82) is 0 Å². The first-order valence-corrected chi connectivity index (χ1v) is 11.3. The highest BCUT2D eigenvalue weighted by Crippen LogP contribution is 2.39. The van der Waals surface area contributed by atoms with Crippen molar-refractivity contribution in [2.75, 3.05) is 4.90 Å². The lowest BCUT2D eigenvalue weighted by Crippen LogP contribution is -2.29. The number of thiophene rings is 1. The molecule has 0 aliphatic rings. The number of halogens is 3. The number of hydrogen-bond acceptors (Lipinski definition) is 7. The molecule has 3 aromatic heterocycles. The molecule has 0 saturated carbocycles. The second-order valence-electron chi connectivity index (χ2n) is 7.21. The maximum Gasteiger partial charge on any atom is 0.418 e. The molecule has 0 saturated heterocycles. The first-order chi connectivity index (χ1) is 16.2. The van der Waals surface area contributed by atoms with Crippen LogP contribution in [0.5, 0.6) is 0 Å². The third-order valence-electron chi connectivity index (χ3n) is 5.00. The van der Waals surface area contributed by atoms with Gasteiger partial charge in [0.05, 0.1) is 38.4 Å². The zero-order valence-corrected chi connectivity index (χ0v) is 18.5. The standard InChI is InChI=1S/C22H12F3N3O4S2/c23-22(24,25)15-4-1-5-17-19(15)26-21(34-17)27(11-14-3-2-8-32-14)20(29)18-10-12-9-13(28(30)31)6-7-16(12)33-18/h1-10H,11H2. The number of fused-ring (bicyclic) bond motifs is 2. The number of anilines is 1. The fraction of sp³-hybridized carbons (Fsp3) is 0.0909. The number of furan rings is 1. The summed E-state index contributed by atoms with van der Waals surface area (Å²) >= 11 is 2.09. The van der Waals surface area contributed by atoms with E-state index >= 15 is 0 Å². The molecule has 0 bridgehead atoms. The highest BCUT2D eigenvalue weighted by atomic mass is 32.1. The van der Waals surface area contributed by atoms with E-state index in [1.165, 1.54) is 41.5 Å². The predicted molar refractivity (Wildman–Crippen MR) is 122 cm³/mol. The van der Waals surface area contributed by atoms with Crippen molar-refractivity contribution >= 4 is 59.7 Å². The topological polar surface area (TPSA) is 89.5 Å². The van der Waals surface area contributed by atoms with Crippen molar-refractivity contribution in [3.63, 3.8) is 0 Å². The van der Waals surface area contributed by atoms with Gasteiger partial charge in [-0.3, -0.25) is 19.8 Å². The molecule has 7 nitrogen and oxygen atoms in total. The Morgan fingerprint density at radius 2 is 1.91 bits per heavy atom. The summed E-state index contributed by atoms with van der Waals surface area (Å²) in [4.78, 5) is 29.8. The van der Waals surface area contributed by atoms with Crippen LogP contribution in [0.15, 0.2) is 65.3 Å². The highest BCUT2D eigenvalue weighted by Gasteiger charge is 2.34. The molecule has 0 atom stereocenters. The van der Waals surface area contributed by atoms with Crippen molar-refractivity contribution in [3.8, 4) is 0 Å². The quantitative estimate of drug-likeness (QED) is 0.193. The Morgan fingerprint density at radius 1 is 1.09 bits per heavy atom. The van der Waals surface area contributed by atoms with Gasteiger partial charge in [-0.25, -0.2) is 4.98 Å². The summed E-state index contributed by atoms with van der Waals surface area (Å²) in [5.74, 6) is -0.0896. The Morgan fingerprint density at radius 3 is 2.62 bits per heavy atom. The van der Waals surface area contributed by atoms with Crippen molar-refractivity contribution in [2.24, 2.45) is 0 Å². The summed E-state index contributed by atoms with van der Waals surface area (Å²) in [6.07, 6.45) is -3.17. The van der Waals surface area contributed by atoms with E-state index in [2.05, 4.69) is 4.98 Å². The van der Waals surface area contributed by atoms with Gasteiger partial charge in [-0.05, 0) is 36.4 Å². The maximum atomic E-state index is 13.5. The molecule has 34 heavy (non-hydrogen) atoms. The second kappa shape index (κ2) is 8.22.